The smallest absolute Gasteiger partial charge is 0.131 e. The first-order valence-corrected chi connectivity index (χ1v) is 5.54. The van der Waals surface area contributed by atoms with E-state index in [-0.39, 0.29) is 0 Å². The van der Waals surface area contributed by atoms with Gasteiger partial charge in [-0.1, -0.05) is 43.9 Å². The molecular weight excluding hydrogens is 196 g/mol. The Bertz CT molecular complexity index is 466. The maximum Gasteiger partial charge on any atom is 0.131 e. The van der Waals surface area contributed by atoms with Crippen molar-refractivity contribution in [1.29, 1.82) is 0 Å². The maximum absolute atomic E-state index is 5.83. The molecule has 0 aromatic heterocycles. The molecule has 0 amide bonds. The van der Waals surface area contributed by atoms with Gasteiger partial charge in [0.1, 0.15) is 11.5 Å². The van der Waals surface area contributed by atoms with Gasteiger partial charge in [0.15, 0.2) is 0 Å². The Morgan fingerprint density at radius 3 is 2.75 bits per heavy atom. The zero-order chi connectivity index (χ0) is 11.5. The lowest BCUT2D eigenvalue weighted by Crippen LogP contribution is -2.11. The standard InChI is InChI=1S/C15H16O/c1-4-8-12-11(3)13-9-6-7-10-15(13)16-14(12)5-2/h4-11H,2H2,1,3H3/b8-4-. The first kappa shape index (κ1) is 10.7. The van der Waals surface area contributed by atoms with Gasteiger partial charge in [-0.25, -0.2) is 0 Å². The average molecular weight is 212 g/mol. The molecule has 82 valence electrons. The number of rotatable bonds is 2. The molecule has 1 aliphatic rings. The maximum atomic E-state index is 5.83. The van der Waals surface area contributed by atoms with Crippen LogP contribution in [0.4, 0.5) is 0 Å². The molecule has 1 unspecified atom stereocenters. The zero-order valence-electron chi connectivity index (χ0n) is 9.73. The average Bonchev–Trinajstić information content (AvgIpc) is 2.33. The van der Waals surface area contributed by atoms with E-state index in [2.05, 4.69) is 25.6 Å². The second kappa shape index (κ2) is 4.40. The Kier molecular flexibility index (Phi) is 2.95. The lowest BCUT2D eigenvalue weighted by Gasteiger charge is -2.25. The van der Waals surface area contributed by atoms with E-state index in [9.17, 15) is 0 Å². The van der Waals surface area contributed by atoms with Crippen molar-refractivity contribution in [2.24, 2.45) is 0 Å². The Labute approximate surface area is 96.8 Å². The number of allylic oxidation sites excluding steroid dienone is 4. The van der Waals surface area contributed by atoms with E-state index in [1.54, 1.807) is 6.08 Å². The van der Waals surface area contributed by atoms with E-state index in [0.717, 1.165) is 11.5 Å². The molecule has 0 radical (unpaired) electrons. The molecule has 0 spiro atoms. The van der Waals surface area contributed by atoms with E-state index in [0.29, 0.717) is 5.92 Å². The molecule has 0 saturated heterocycles. The fraction of sp³-hybridized carbons (Fsp3) is 0.200. The summed E-state index contributed by atoms with van der Waals surface area (Å²) in [5, 5.41) is 0. The summed E-state index contributed by atoms with van der Waals surface area (Å²) in [6.07, 6.45) is 5.91. The van der Waals surface area contributed by atoms with Gasteiger partial charge in [-0.15, -0.1) is 0 Å². The van der Waals surface area contributed by atoms with E-state index in [1.807, 2.05) is 31.2 Å². The minimum absolute atomic E-state index is 0.356. The summed E-state index contributed by atoms with van der Waals surface area (Å²) in [5.41, 5.74) is 2.43. The summed E-state index contributed by atoms with van der Waals surface area (Å²) in [7, 11) is 0. The lowest BCUT2D eigenvalue weighted by atomic mass is 9.89. The molecule has 0 fully saturated rings. The number of para-hydroxylation sites is 1. The second-order valence-electron chi connectivity index (χ2n) is 3.89. The number of hydrogen-bond donors (Lipinski definition) is 0. The first-order chi connectivity index (χ1) is 7.77. The molecule has 1 aliphatic heterocycles. The van der Waals surface area contributed by atoms with E-state index in [4.69, 9.17) is 4.74 Å². The minimum Gasteiger partial charge on any atom is -0.457 e. The highest BCUT2D eigenvalue weighted by Crippen LogP contribution is 2.39. The highest BCUT2D eigenvalue weighted by atomic mass is 16.5. The molecule has 1 aromatic carbocycles. The van der Waals surface area contributed by atoms with Crippen LogP contribution >= 0.6 is 0 Å². The number of hydrogen-bond acceptors (Lipinski definition) is 1. The topological polar surface area (TPSA) is 9.23 Å². The molecule has 2 rings (SSSR count). The third-order valence-electron chi connectivity index (χ3n) is 2.89. The Hall–Kier alpha value is -1.76. The van der Waals surface area contributed by atoms with Gasteiger partial charge in [0, 0.05) is 17.1 Å². The van der Waals surface area contributed by atoms with Crippen LogP contribution in [0.5, 0.6) is 5.75 Å². The van der Waals surface area contributed by atoms with Crippen molar-refractivity contribution in [1.82, 2.24) is 0 Å². The SMILES string of the molecule is C=CC1=C(/C=C\C)C(C)c2ccccc2O1. The van der Waals surface area contributed by atoms with E-state index >= 15 is 0 Å². The normalized spacial score (nSPS) is 19.5. The van der Waals surface area contributed by atoms with Crippen LogP contribution in [0.25, 0.3) is 0 Å². The molecule has 1 nitrogen and oxygen atoms in total. The molecular formula is C15H16O. The van der Waals surface area contributed by atoms with Crippen LogP contribution in [-0.4, -0.2) is 0 Å². The van der Waals surface area contributed by atoms with Crippen LogP contribution in [0.1, 0.15) is 25.3 Å². The minimum atomic E-state index is 0.356. The van der Waals surface area contributed by atoms with Crippen LogP contribution in [0.3, 0.4) is 0 Å². The molecule has 16 heavy (non-hydrogen) atoms. The van der Waals surface area contributed by atoms with Crippen molar-refractivity contribution < 1.29 is 4.74 Å². The quantitative estimate of drug-likeness (QED) is 0.714. The number of ether oxygens (including phenoxy) is 1. The fourth-order valence-corrected chi connectivity index (χ4v) is 2.06. The van der Waals surface area contributed by atoms with Gasteiger partial charge in [0.05, 0.1) is 0 Å². The highest BCUT2D eigenvalue weighted by Gasteiger charge is 2.22. The van der Waals surface area contributed by atoms with Crippen molar-refractivity contribution in [2.75, 3.05) is 0 Å². The Morgan fingerprint density at radius 1 is 1.31 bits per heavy atom. The van der Waals surface area contributed by atoms with Crippen LogP contribution in [0.15, 0.2) is 60.4 Å². The molecule has 1 heteroatoms. The molecule has 1 aromatic rings. The second-order valence-corrected chi connectivity index (χ2v) is 3.89. The zero-order valence-corrected chi connectivity index (χ0v) is 9.73. The first-order valence-electron chi connectivity index (χ1n) is 5.54. The third kappa shape index (κ3) is 1.69. The van der Waals surface area contributed by atoms with Crippen LogP contribution < -0.4 is 4.74 Å². The Morgan fingerprint density at radius 2 is 2.06 bits per heavy atom. The summed E-state index contributed by atoms with van der Waals surface area (Å²) >= 11 is 0. The summed E-state index contributed by atoms with van der Waals surface area (Å²) in [5.74, 6) is 2.16. The fourth-order valence-electron chi connectivity index (χ4n) is 2.06. The number of fused-ring (bicyclic) bond motifs is 1. The van der Waals surface area contributed by atoms with E-state index < -0.39 is 0 Å². The molecule has 0 saturated carbocycles. The molecule has 1 atom stereocenters. The van der Waals surface area contributed by atoms with Gasteiger partial charge in [0.25, 0.3) is 0 Å². The van der Waals surface area contributed by atoms with Gasteiger partial charge in [-0.3, -0.25) is 0 Å². The monoisotopic (exact) mass is 212 g/mol. The molecule has 1 heterocycles. The highest BCUT2D eigenvalue weighted by molar-refractivity contribution is 5.50. The van der Waals surface area contributed by atoms with Crippen LogP contribution in [-0.2, 0) is 0 Å². The largest absolute Gasteiger partial charge is 0.457 e. The summed E-state index contributed by atoms with van der Waals surface area (Å²) in [4.78, 5) is 0. The number of benzene rings is 1. The van der Waals surface area contributed by atoms with Gasteiger partial charge in [-0.2, -0.15) is 0 Å². The van der Waals surface area contributed by atoms with Crippen molar-refractivity contribution in [3.63, 3.8) is 0 Å². The Balaban J connectivity index is 2.53. The van der Waals surface area contributed by atoms with Crippen molar-refractivity contribution in [3.8, 4) is 5.75 Å². The van der Waals surface area contributed by atoms with Crippen LogP contribution in [0, 0.1) is 0 Å². The third-order valence-corrected chi connectivity index (χ3v) is 2.89. The van der Waals surface area contributed by atoms with Crippen LogP contribution in [0.2, 0.25) is 0 Å². The van der Waals surface area contributed by atoms with E-state index in [1.165, 1.54) is 11.1 Å². The van der Waals surface area contributed by atoms with Gasteiger partial charge in [0.2, 0.25) is 0 Å². The summed E-state index contributed by atoms with van der Waals surface area (Å²) in [6.45, 7) is 8.02. The predicted molar refractivity (Wildman–Crippen MR) is 67.5 cm³/mol. The van der Waals surface area contributed by atoms with Crippen molar-refractivity contribution >= 4 is 0 Å². The van der Waals surface area contributed by atoms with Crippen molar-refractivity contribution in [3.05, 3.63) is 66.0 Å². The molecule has 0 N–H and O–H groups in total. The summed E-state index contributed by atoms with van der Waals surface area (Å²) < 4.78 is 5.83. The molecule has 0 bridgehead atoms. The summed E-state index contributed by atoms with van der Waals surface area (Å²) in [6, 6.07) is 8.16. The van der Waals surface area contributed by atoms with Gasteiger partial charge in [-0.05, 0) is 19.1 Å². The predicted octanol–water partition coefficient (Wildman–Crippen LogP) is 4.20. The van der Waals surface area contributed by atoms with Crippen molar-refractivity contribution in [2.45, 2.75) is 19.8 Å². The van der Waals surface area contributed by atoms with Gasteiger partial charge >= 0.3 is 0 Å². The van der Waals surface area contributed by atoms with Gasteiger partial charge < -0.3 is 4.74 Å². The molecule has 0 aliphatic carbocycles. The lowest BCUT2D eigenvalue weighted by molar-refractivity contribution is 0.414.